The summed E-state index contributed by atoms with van der Waals surface area (Å²) in [6, 6.07) is 22.0. The molecule has 4 nitrogen and oxygen atoms in total. The van der Waals surface area contributed by atoms with Gasteiger partial charge in [-0.3, -0.25) is 9.78 Å². The SMILES string of the molecule is CCC(C)(CC)C(=O)/C=C(\O)C(C)(CC)CC.Cc1c[c-]c(-c2ncnc3c2ccc2ccccc23)cc1.[Ir]. The number of aliphatic hydroxyl groups excluding tert-OH is 1. The van der Waals surface area contributed by atoms with E-state index in [-0.39, 0.29) is 42.5 Å². The zero-order valence-corrected chi connectivity index (χ0v) is 26.7. The van der Waals surface area contributed by atoms with E-state index in [0.29, 0.717) is 0 Å². The number of rotatable bonds is 8. The topological polar surface area (TPSA) is 63.1 Å². The number of allylic oxidation sites excluding steroid dienone is 2. The molecule has 1 radical (unpaired) electrons. The van der Waals surface area contributed by atoms with Gasteiger partial charge >= 0.3 is 0 Å². The Balaban J connectivity index is 0.000000275. The predicted molar refractivity (Wildman–Crippen MR) is 159 cm³/mol. The van der Waals surface area contributed by atoms with Crippen molar-refractivity contribution < 1.29 is 30.0 Å². The van der Waals surface area contributed by atoms with Gasteiger partial charge in [0.1, 0.15) is 12.1 Å². The number of fused-ring (bicyclic) bond motifs is 3. The number of hydrogen-bond donors (Lipinski definition) is 1. The van der Waals surface area contributed by atoms with Gasteiger partial charge in [0.25, 0.3) is 0 Å². The molecule has 4 rings (SSSR count). The van der Waals surface area contributed by atoms with E-state index < -0.39 is 0 Å². The van der Waals surface area contributed by atoms with Gasteiger partial charge in [-0.05, 0) is 42.1 Å². The molecule has 4 aromatic rings. The Bertz CT molecular complexity index is 1420. The average Bonchev–Trinajstić information content (AvgIpc) is 2.96. The molecule has 3 aromatic carbocycles. The zero-order chi connectivity index (χ0) is 27.9. The summed E-state index contributed by atoms with van der Waals surface area (Å²) in [7, 11) is 0. The number of aryl methyl sites for hydroxylation is 1. The summed E-state index contributed by atoms with van der Waals surface area (Å²) in [5, 5.41) is 13.6. The molecule has 1 N–H and O–H groups in total. The van der Waals surface area contributed by atoms with E-state index in [1.165, 1.54) is 17.0 Å². The normalized spacial score (nSPS) is 12.0. The Hall–Kier alpha value is -2.88. The second kappa shape index (κ2) is 14.0. The van der Waals surface area contributed by atoms with Crippen molar-refractivity contribution in [2.45, 2.75) is 74.1 Å². The van der Waals surface area contributed by atoms with E-state index in [2.05, 4.69) is 59.4 Å². The summed E-state index contributed by atoms with van der Waals surface area (Å²) in [6.07, 6.45) is 6.39. The molecule has 209 valence electrons. The fourth-order valence-corrected chi connectivity index (χ4v) is 4.35. The molecule has 0 spiro atoms. The van der Waals surface area contributed by atoms with Gasteiger partial charge in [0.2, 0.25) is 0 Å². The monoisotopic (exact) mass is 702 g/mol. The fourth-order valence-electron chi connectivity index (χ4n) is 4.35. The molecule has 0 amide bonds. The number of ketones is 1. The van der Waals surface area contributed by atoms with Gasteiger partial charge in [0.15, 0.2) is 5.78 Å². The van der Waals surface area contributed by atoms with E-state index in [1.807, 2.05) is 59.7 Å². The number of aliphatic hydroxyl groups is 1. The number of carbonyl (C=O) groups is 1. The van der Waals surface area contributed by atoms with Crippen LogP contribution < -0.4 is 0 Å². The van der Waals surface area contributed by atoms with Crippen LogP contribution in [0.1, 0.15) is 72.8 Å². The Morgan fingerprint density at radius 1 is 0.872 bits per heavy atom. The van der Waals surface area contributed by atoms with E-state index in [9.17, 15) is 9.90 Å². The Kier molecular flexibility index (Phi) is 11.6. The van der Waals surface area contributed by atoms with E-state index in [1.54, 1.807) is 6.33 Å². The van der Waals surface area contributed by atoms with Crippen molar-refractivity contribution in [3.05, 3.63) is 84.4 Å². The van der Waals surface area contributed by atoms with Crippen LogP contribution in [0.15, 0.2) is 72.8 Å². The zero-order valence-electron chi connectivity index (χ0n) is 24.3. The molecule has 1 heterocycles. The number of carbonyl (C=O) groups excluding carboxylic acids is 1. The second-order valence-electron chi connectivity index (χ2n) is 10.6. The Morgan fingerprint density at radius 3 is 2.10 bits per heavy atom. The maximum absolute atomic E-state index is 12.2. The maximum atomic E-state index is 12.2. The summed E-state index contributed by atoms with van der Waals surface area (Å²) < 4.78 is 0. The molecule has 0 aliphatic heterocycles. The first-order valence-corrected chi connectivity index (χ1v) is 13.7. The average molecular weight is 702 g/mol. The summed E-state index contributed by atoms with van der Waals surface area (Å²) in [6.45, 7) is 14.1. The molecule has 0 aliphatic carbocycles. The quantitative estimate of drug-likeness (QED) is 0.0862. The molecular weight excluding hydrogens is 661 g/mol. The molecule has 0 unspecified atom stereocenters. The van der Waals surface area contributed by atoms with Gasteiger partial charge in [-0.1, -0.05) is 84.9 Å². The number of nitrogens with zero attached hydrogens (tertiary/aromatic N) is 2. The number of benzene rings is 3. The molecule has 39 heavy (non-hydrogen) atoms. The standard InChI is InChI=1S/C19H13N2.C15H28O2.Ir/c1-13-6-8-15(9-7-13)18-17-11-10-14-4-2-3-5-16(14)19(17)21-12-20-18;1-7-14(5,8-2)12(16)11-13(17)15(6,9-3)10-4;/h2-8,10-12H,1H3;11,16H,7-10H2,1-6H3;/q-1;;/b;12-11-;. The van der Waals surface area contributed by atoms with Crippen molar-refractivity contribution in [2.75, 3.05) is 0 Å². The molecule has 0 saturated heterocycles. The number of aromatic nitrogens is 2. The fraction of sp³-hybridized carbons (Fsp3) is 0.382. The summed E-state index contributed by atoms with van der Waals surface area (Å²) in [4.78, 5) is 21.1. The van der Waals surface area contributed by atoms with Gasteiger partial charge in [0, 0.05) is 42.4 Å². The molecule has 0 saturated carbocycles. The van der Waals surface area contributed by atoms with Crippen LogP contribution in [0.2, 0.25) is 0 Å². The Labute approximate surface area is 247 Å². The smallest absolute Gasteiger partial charge is 0.164 e. The first-order chi connectivity index (χ1) is 18.1. The molecular formula is C34H41IrN2O2-. The van der Waals surface area contributed by atoms with Crippen molar-refractivity contribution in [3.63, 3.8) is 0 Å². The van der Waals surface area contributed by atoms with Crippen LogP contribution in [0.5, 0.6) is 0 Å². The molecule has 5 heteroatoms. The van der Waals surface area contributed by atoms with E-state index >= 15 is 0 Å². The van der Waals surface area contributed by atoms with Crippen LogP contribution in [0.3, 0.4) is 0 Å². The minimum Gasteiger partial charge on any atom is -0.512 e. The van der Waals surface area contributed by atoms with Gasteiger partial charge < -0.3 is 5.11 Å². The van der Waals surface area contributed by atoms with Crippen LogP contribution in [-0.2, 0) is 24.9 Å². The van der Waals surface area contributed by atoms with Gasteiger partial charge in [-0.15, -0.1) is 35.4 Å². The third-order valence-electron chi connectivity index (χ3n) is 8.36. The van der Waals surface area contributed by atoms with Crippen molar-refractivity contribution in [1.29, 1.82) is 0 Å². The summed E-state index contributed by atoms with van der Waals surface area (Å²) in [5.41, 5.74) is 3.53. The minimum absolute atomic E-state index is 0. The van der Waals surface area contributed by atoms with Crippen molar-refractivity contribution in [2.24, 2.45) is 10.8 Å². The minimum atomic E-state index is -0.337. The molecule has 0 atom stereocenters. The molecule has 0 bridgehead atoms. The van der Waals surface area contributed by atoms with Gasteiger partial charge in [-0.2, -0.15) is 0 Å². The largest absolute Gasteiger partial charge is 0.512 e. The number of hydrogen-bond acceptors (Lipinski definition) is 4. The first kappa shape index (κ1) is 32.3. The van der Waals surface area contributed by atoms with Crippen LogP contribution >= 0.6 is 0 Å². The van der Waals surface area contributed by atoms with Crippen LogP contribution in [-0.4, -0.2) is 20.9 Å². The predicted octanol–water partition coefficient (Wildman–Crippen LogP) is 9.21. The summed E-state index contributed by atoms with van der Waals surface area (Å²) >= 11 is 0. The maximum Gasteiger partial charge on any atom is 0.164 e. The van der Waals surface area contributed by atoms with Crippen molar-refractivity contribution in [3.8, 4) is 11.3 Å². The third kappa shape index (κ3) is 7.21. The second-order valence-corrected chi connectivity index (χ2v) is 10.6. The molecule has 0 aliphatic rings. The molecule has 0 fully saturated rings. The van der Waals surface area contributed by atoms with Gasteiger partial charge in [0.05, 0.1) is 5.52 Å². The third-order valence-corrected chi connectivity index (χ3v) is 8.36. The Morgan fingerprint density at radius 2 is 1.51 bits per heavy atom. The molecule has 1 aromatic heterocycles. The van der Waals surface area contributed by atoms with Crippen LogP contribution in [0.25, 0.3) is 32.9 Å². The van der Waals surface area contributed by atoms with E-state index in [4.69, 9.17) is 0 Å². The van der Waals surface area contributed by atoms with Crippen molar-refractivity contribution in [1.82, 2.24) is 9.97 Å². The van der Waals surface area contributed by atoms with Crippen LogP contribution in [0.4, 0.5) is 0 Å². The van der Waals surface area contributed by atoms with Crippen molar-refractivity contribution >= 4 is 27.5 Å². The van der Waals surface area contributed by atoms with Gasteiger partial charge in [-0.25, -0.2) is 4.98 Å². The summed E-state index contributed by atoms with van der Waals surface area (Å²) in [5.74, 6) is 0.286. The van der Waals surface area contributed by atoms with Crippen LogP contribution in [0, 0.1) is 23.8 Å². The van der Waals surface area contributed by atoms with E-state index in [0.717, 1.165) is 53.2 Å². The first-order valence-electron chi connectivity index (χ1n) is 13.7.